The van der Waals surface area contributed by atoms with Crippen LogP contribution >= 0.6 is 0 Å². The summed E-state index contributed by atoms with van der Waals surface area (Å²) < 4.78 is 44.6. The van der Waals surface area contributed by atoms with Crippen LogP contribution in [0.5, 0.6) is 11.5 Å². The van der Waals surface area contributed by atoms with Gasteiger partial charge in [0.05, 0.1) is 13.5 Å². The van der Waals surface area contributed by atoms with Crippen LogP contribution in [0.4, 0.5) is 8.78 Å². The first-order chi connectivity index (χ1) is 16.4. The van der Waals surface area contributed by atoms with Crippen LogP contribution in [0.15, 0.2) is 40.9 Å². The summed E-state index contributed by atoms with van der Waals surface area (Å²) in [5.41, 5.74) is 3.52. The lowest BCUT2D eigenvalue weighted by Crippen LogP contribution is -2.08. The minimum atomic E-state index is -2.99. The molecule has 3 aromatic rings. The molecule has 0 N–H and O–H groups in total. The van der Waals surface area contributed by atoms with Gasteiger partial charge in [-0.25, -0.2) is 0 Å². The maximum Gasteiger partial charge on any atom is 0.387 e. The lowest BCUT2D eigenvalue weighted by molar-refractivity contribution is -0.145. The molecule has 4 rings (SSSR count). The molecule has 0 saturated carbocycles. The Balaban J connectivity index is 1.29. The second-order valence-electron chi connectivity index (χ2n) is 7.68. The van der Waals surface area contributed by atoms with Crippen molar-refractivity contribution >= 4 is 11.8 Å². The Morgan fingerprint density at radius 3 is 2.68 bits per heavy atom. The second-order valence-corrected chi connectivity index (χ2v) is 7.68. The van der Waals surface area contributed by atoms with Gasteiger partial charge < -0.3 is 18.7 Å². The fourth-order valence-corrected chi connectivity index (χ4v) is 3.75. The number of ketones is 1. The lowest BCUT2D eigenvalue weighted by atomic mass is 10.0. The van der Waals surface area contributed by atoms with Crippen LogP contribution < -0.4 is 9.47 Å². The standard InChI is InChI=1S/C24H22F2N2O6/c1-31-20-12-17(7-9-19(20)33-24(25)26)23-27-21(34-28-23)13-32-22(30)10-8-18(29)16-6-5-14-3-2-4-15(14)11-16/h5-7,9,11-12,24H,2-4,8,10,13H2,1H3. The fourth-order valence-electron chi connectivity index (χ4n) is 3.75. The van der Waals surface area contributed by atoms with Crippen LogP contribution in [0, 0.1) is 0 Å². The number of Topliss-reactive ketones (excluding diaryl/α,β-unsaturated/α-hetero) is 1. The SMILES string of the molecule is COc1cc(-c2noc(COC(=O)CCC(=O)c3ccc4c(c3)CCC4)n2)ccc1OC(F)F. The number of hydrogen-bond acceptors (Lipinski definition) is 8. The van der Waals surface area contributed by atoms with Crippen molar-refractivity contribution in [3.05, 3.63) is 59.0 Å². The molecule has 0 saturated heterocycles. The zero-order valence-corrected chi connectivity index (χ0v) is 18.4. The van der Waals surface area contributed by atoms with Gasteiger partial charge in [-0.1, -0.05) is 17.3 Å². The van der Waals surface area contributed by atoms with Gasteiger partial charge in [-0.05, 0) is 54.7 Å². The first-order valence-corrected chi connectivity index (χ1v) is 10.7. The molecule has 0 atom stereocenters. The van der Waals surface area contributed by atoms with Crippen molar-refractivity contribution in [2.45, 2.75) is 45.3 Å². The molecule has 1 heterocycles. The highest BCUT2D eigenvalue weighted by Crippen LogP contribution is 2.32. The van der Waals surface area contributed by atoms with Crippen molar-refractivity contribution in [3.63, 3.8) is 0 Å². The topological polar surface area (TPSA) is 101 Å². The van der Waals surface area contributed by atoms with E-state index in [0.29, 0.717) is 11.1 Å². The number of esters is 1. The van der Waals surface area contributed by atoms with E-state index >= 15 is 0 Å². The number of alkyl halides is 2. The third-order valence-corrected chi connectivity index (χ3v) is 5.44. The van der Waals surface area contributed by atoms with Crippen LogP contribution in [-0.2, 0) is 29.0 Å². The summed E-state index contributed by atoms with van der Waals surface area (Å²) in [5, 5.41) is 3.80. The maximum absolute atomic E-state index is 12.5. The number of rotatable bonds is 10. The Bertz CT molecular complexity index is 1190. The van der Waals surface area contributed by atoms with E-state index in [2.05, 4.69) is 14.9 Å². The summed E-state index contributed by atoms with van der Waals surface area (Å²) in [7, 11) is 1.31. The molecule has 8 nitrogen and oxygen atoms in total. The number of halogens is 2. The molecule has 0 spiro atoms. The van der Waals surface area contributed by atoms with E-state index in [-0.39, 0.29) is 48.4 Å². The van der Waals surface area contributed by atoms with Crippen LogP contribution in [0.25, 0.3) is 11.4 Å². The number of carbonyl (C=O) groups excluding carboxylic acids is 2. The number of aromatic nitrogens is 2. The van der Waals surface area contributed by atoms with E-state index in [1.165, 1.54) is 36.4 Å². The third kappa shape index (κ3) is 5.56. The van der Waals surface area contributed by atoms with Gasteiger partial charge in [0.25, 0.3) is 5.89 Å². The number of ether oxygens (including phenoxy) is 3. The molecule has 34 heavy (non-hydrogen) atoms. The van der Waals surface area contributed by atoms with Crippen LogP contribution in [0.1, 0.15) is 46.6 Å². The minimum Gasteiger partial charge on any atom is -0.493 e. The summed E-state index contributed by atoms with van der Waals surface area (Å²) in [4.78, 5) is 28.6. The molecule has 0 amide bonds. The summed E-state index contributed by atoms with van der Waals surface area (Å²) >= 11 is 0. The van der Waals surface area contributed by atoms with E-state index in [1.54, 1.807) is 6.07 Å². The van der Waals surface area contributed by atoms with Gasteiger partial charge in [-0.2, -0.15) is 13.8 Å². The Hall–Kier alpha value is -3.82. The molecule has 0 unspecified atom stereocenters. The van der Waals surface area contributed by atoms with E-state index < -0.39 is 12.6 Å². The minimum absolute atomic E-state index is 0.0412. The van der Waals surface area contributed by atoms with Crippen molar-refractivity contribution in [1.82, 2.24) is 10.1 Å². The molecule has 0 bridgehead atoms. The highest BCUT2D eigenvalue weighted by molar-refractivity contribution is 5.97. The molecule has 1 aliphatic rings. The normalized spacial score (nSPS) is 12.5. The van der Waals surface area contributed by atoms with Crippen molar-refractivity contribution in [3.8, 4) is 22.9 Å². The van der Waals surface area contributed by atoms with E-state index in [0.717, 1.165) is 19.3 Å². The monoisotopic (exact) mass is 472 g/mol. The number of nitrogens with zero attached hydrogens (tertiary/aromatic N) is 2. The summed E-state index contributed by atoms with van der Waals surface area (Å²) in [6, 6.07) is 9.88. The maximum atomic E-state index is 12.5. The van der Waals surface area contributed by atoms with Crippen molar-refractivity contribution < 1.29 is 37.1 Å². The van der Waals surface area contributed by atoms with Gasteiger partial charge in [0.1, 0.15) is 0 Å². The van der Waals surface area contributed by atoms with Crippen LogP contribution in [-0.4, -0.2) is 35.6 Å². The molecular weight excluding hydrogens is 450 g/mol. The second kappa shape index (κ2) is 10.4. The van der Waals surface area contributed by atoms with Crippen LogP contribution in [0.2, 0.25) is 0 Å². The number of fused-ring (bicyclic) bond motifs is 1. The highest BCUT2D eigenvalue weighted by atomic mass is 19.3. The van der Waals surface area contributed by atoms with Crippen molar-refractivity contribution in [2.75, 3.05) is 7.11 Å². The Morgan fingerprint density at radius 1 is 1.06 bits per heavy atom. The zero-order valence-electron chi connectivity index (χ0n) is 18.4. The summed E-state index contributed by atoms with van der Waals surface area (Å²) in [6.07, 6.45) is 3.09. The van der Waals surface area contributed by atoms with Gasteiger partial charge in [-0.3, -0.25) is 9.59 Å². The Labute approximate surface area is 193 Å². The van der Waals surface area contributed by atoms with Gasteiger partial charge in [0.15, 0.2) is 23.9 Å². The van der Waals surface area contributed by atoms with E-state index in [9.17, 15) is 18.4 Å². The van der Waals surface area contributed by atoms with Gasteiger partial charge in [-0.15, -0.1) is 0 Å². The quantitative estimate of drug-likeness (QED) is 0.313. The van der Waals surface area contributed by atoms with E-state index in [4.69, 9.17) is 14.0 Å². The molecule has 10 heteroatoms. The van der Waals surface area contributed by atoms with Gasteiger partial charge in [0, 0.05) is 17.5 Å². The van der Waals surface area contributed by atoms with Crippen molar-refractivity contribution in [1.29, 1.82) is 0 Å². The van der Waals surface area contributed by atoms with Gasteiger partial charge in [0.2, 0.25) is 5.82 Å². The zero-order chi connectivity index (χ0) is 24.1. The number of benzene rings is 2. The number of carbonyl (C=O) groups is 2. The molecule has 0 fully saturated rings. The molecule has 0 aliphatic heterocycles. The largest absolute Gasteiger partial charge is 0.493 e. The highest BCUT2D eigenvalue weighted by Gasteiger charge is 2.17. The molecule has 2 aromatic carbocycles. The first kappa shape index (κ1) is 23.3. The smallest absolute Gasteiger partial charge is 0.387 e. The Kier molecular flexibility index (Phi) is 7.15. The molecule has 1 aromatic heterocycles. The first-order valence-electron chi connectivity index (χ1n) is 10.7. The Morgan fingerprint density at radius 2 is 1.88 bits per heavy atom. The average molecular weight is 472 g/mol. The molecular formula is C24H22F2N2O6. The molecule has 178 valence electrons. The number of aryl methyl sites for hydroxylation is 2. The van der Waals surface area contributed by atoms with Crippen molar-refractivity contribution in [2.24, 2.45) is 0 Å². The number of hydrogen-bond donors (Lipinski definition) is 0. The average Bonchev–Trinajstić information content (AvgIpc) is 3.50. The fraction of sp³-hybridized carbons (Fsp3) is 0.333. The predicted octanol–water partition coefficient (Wildman–Crippen LogP) is 4.54. The van der Waals surface area contributed by atoms with Gasteiger partial charge >= 0.3 is 12.6 Å². The van der Waals surface area contributed by atoms with Crippen LogP contribution in [0.3, 0.4) is 0 Å². The molecule has 1 aliphatic carbocycles. The lowest BCUT2D eigenvalue weighted by Gasteiger charge is -2.10. The predicted molar refractivity (Wildman–Crippen MR) is 115 cm³/mol. The summed E-state index contributed by atoms with van der Waals surface area (Å²) in [6.45, 7) is -3.25. The molecule has 0 radical (unpaired) electrons. The summed E-state index contributed by atoms with van der Waals surface area (Å²) in [5.74, 6) is -0.541. The number of methoxy groups -OCH3 is 1. The third-order valence-electron chi connectivity index (χ3n) is 5.44. The van der Waals surface area contributed by atoms with E-state index in [1.807, 2.05) is 12.1 Å².